The van der Waals surface area contributed by atoms with Gasteiger partial charge in [-0.1, -0.05) is 29.8 Å². The summed E-state index contributed by atoms with van der Waals surface area (Å²) in [5.41, 5.74) is 4.05. The van der Waals surface area contributed by atoms with Crippen molar-refractivity contribution in [3.05, 3.63) is 76.5 Å². The van der Waals surface area contributed by atoms with Gasteiger partial charge in [0.25, 0.3) is 5.91 Å². The summed E-state index contributed by atoms with van der Waals surface area (Å²) in [7, 11) is 0. The van der Waals surface area contributed by atoms with E-state index in [4.69, 9.17) is 16.3 Å². The topological polar surface area (TPSA) is 38.3 Å². The average Bonchev–Trinajstić information content (AvgIpc) is 2.48. The van der Waals surface area contributed by atoms with Crippen molar-refractivity contribution in [2.24, 2.45) is 0 Å². The molecule has 0 atom stereocenters. The molecule has 114 valence electrons. The van der Waals surface area contributed by atoms with Gasteiger partial charge >= 0.3 is 0 Å². The van der Waals surface area contributed by atoms with Gasteiger partial charge in [-0.2, -0.15) is 0 Å². The lowest BCUT2D eigenvalue weighted by molar-refractivity contribution is -0.112. The van der Waals surface area contributed by atoms with E-state index in [1.807, 2.05) is 50.2 Å². The van der Waals surface area contributed by atoms with Gasteiger partial charge in [0, 0.05) is 16.8 Å². The standard InChI is InChI=1S/C18H18ClNO2/c1-13-6-7-17(10-14(13)2)20-18(21)8-9-22-12-15-4-3-5-16(19)11-15/h3-11H,12H2,1-2H3,(H,20,21). The van der Waals surface area contributed by atoms with E-state index in [-0.39, 0.29) is 5.91 Å². The Kier molecular flexibility index (Phi) is 5.61. The number of halogens is 1. The lowest BCUT2D eigenvalue weighted by Gasteiger charge is -2.05. The van der Waals surface area contributed by atoms with Crippen molar-refractivity contribution in [1.29, 1.82) is 0 Å². The largest absolute Gasteiger partial charge is 0.496 e. The maximum absolute atomic E-state index is 11.8. The number of amides is 1. The van der Waals surface area contributed by atoms with Crippen LogP contribution in [-0.4, -0.2) is 5.91 Å². The third-order valence-corrected chi connectivity index (χ3v) is 3.46. The summed E-state index contributed by atoms with van der Waals surface area (Å²) in [6, 6.07) is 13.2. The molecule has 4 heteroatoms. The van der Waals surface area contributed by atoms with E-state index in [2.05, 4.69) is 5.32 Å². The van der Waals surface area contributed by atoms with E-state index in [0.717, 1.165) is 16.8 Å². The monoisotopic (exact) mass is 315 g/mol. The summed E-state index contributed by atoms with van der Waals surface area (Å²) in [5.74, 6) is -0.227. The van der Waals surface area contributed by atoms with Gasteiger partial charge < -0.3 is 10.1 Å². The van der Waals surface area contributed by atoms with Gasteiger partial charge in [0.1, 0.15) is 6.61 Å². The molecule has 2 rings (SSSR count). The number of carbonyl (C=O) groups excluding carboxylic acids is 1. The van der Waals surface area contributed by atoms with E-state index in [1.54, 1.807) is 6.07 Å². The Hall–Kier alpha value is -2.26. The number of carbonyl (C=O) groups is 1. The molecule has 0 spiro atoms. The fourth-order valence-electron chi connectivity index (χ4n) is 1.88. The Morgan fingerprint density at radius 1 is 1.18 bits per heavy atom. The van der Waals surface area contributed by atoms with Crippen LogP contribution in [0.3, 0.4) is 0 Å². The second-order valence-electron chi connectivity index (χ2n) is 5.03. The second kappa shape index (κ2) is 7.66. The van der Waals surface area contributed by atoms with Crippen molar-refractivity contribution < 1.29 is 9.53 Å². The first kappa shape index (κ1) is 16.1. The van der Waals surface area contributed by atoms with E-state index in [9.17, 15) is 4.79 Å². The molecule has 3 nitrogen and oxygen atoms in total. The predicted octanol–water partition coefficient (Wildman–Crippen LogP) is 4.63. The summed E-state index contributed by atoms with van der Waals surface area (Å²) in [6.45, 7) is 4.41. The van der Waals surface area contributed by atoms with Crippen LogP contribution < -0.4 is 5.32 Å². The van der Waals surface area contributed by atoms with Gasteiger partial charge in [-0.15, -0.1) is 0 Å². The van der Waals surface area contributed by atoms with Crippen molar-refractivity contribution in [3.63, 3.8) is 0 Å². The maximum atomic E-state index is 11.8. The van der Waals surface area contributed by atoms with Crippen LogP contribution in [0.1, 0.15) is 16.7 Å². The molecule has 0 bridgehead atoms. The SMILES string of the molecule is Cc1ccc(NC(=O)C=COCc2cccc(Cl)c2)cc1C. The molecule has 0 aliphatic rings. The molecule has 0 saturated carbocycles. The summed E-state index contributed by atoms with van der Waals surface area (Å²) in [4.78, 5) is 11.8. The van der Waals surface area contributed by atoms with Gasteiger partial charge in [-0.25, -0.2) is 0 Å². The fourth-order valence-corrected chi connectivity index (χ4v) is 2.10. The van der Waals surface area contributed by atoms with Crippen LogP contribution >= 0.6 is 11.6 Å². The van der Waals surface area contributed by atoms with Gasteiger partial charge in [0.2, 0.25) is 0 Å². The van der Waals surface area contributed by atoms with Crippen molar-refractivity contribution in [3.8, 4) is 0 Å². The highest BCUT2D eigenvalue weighted by atomic mass is 35.5. The number of rotatable bonds is 5. The molecular formula is C18H18ClNO2. The quantitative estimate of drug-likeness (QED) is 0.645. The Bertz CT molecular complexity index is 695. The highest BCUT2D eigenvalue weighted by Crippen LogP contribution is 2.14. The zero-order valence-electron chi connectivity index (χ0n) is 12.6. The smallest absolute Gasteiger partial charge is 0.251 e. The Morgan fingerprint density at radius 3 is 2.73 bits per heavy atom. The van der Waals surface area contributed by atoms with Gasteiger partial charge in [-0.3, -0.25) is 4.79 Å². The zero-order valence-corrected chi connectivity index (χ0v) is 13.4. The number of nitrogens with one attached hydrogen (secondary N) is 1. The van der Waals surface area contributed by atoms with Crippen LogP contribution in [0.5, 0.6) is 0 Å². The molecule has 0 heterocycles. The van der Waals surface area contributed by atoms with E-state index in [1.165, 1.54) is 17.9 Å². The minimum atomic E-state index is -0.227. The molecule has 0 saturated heterocycles. The molecular weight excluding hydrogens is 298 g/mol. The molecule has 0 aromatic heterocycles. The maximum Gasteiger partial charge on any atom is 0.251 e. The third-order valence-electron chi connectivity index (χ3n) is 3.23. The first-order chi connectivity index (χ1) is 10.5. The number of aryl methyl sites for hydroxylation is 2. The third kappa shape index (κ3) is 4.93. The fraction of sp³-hybridized carbons (Fsp3) is 0.167. The predicted molar refractivity (Wildman–Crippen MR) is 89.9 cm³/mol. The summed E-state index contributed by atoms with van der Waals surface area (Å²) in [5, 5.41) is 3.46. The highest BCUT2D eigenvalue weighted by Gasteiger charge is 2.00. The lowest BCUT2D eigenvalue weighted by atomic mass is 10.1. The molecule has 0 aliphatic carbocycles. The molecule has 0 radical (unpaired) electrons. The van der Waals surface area contributed by atoms with Crippen LogP contribution in [-0.2, 0) is 16.1 Å². The number of anilines is 1. The molecule has 0 fully saturated rings. The van der Waals surface area contributed by atoms with E-state index >= 15 is 0 Å². The molecule has 1 N–H and O–H groups in total. The molecule has 0 aliphatic heterocycles. The van der Waals surface area contributed by atoms with Gasteiger partial charge in [-0.05, 0) is 54.8 Å². The lowest BCUT2D eigenvalue weighted by Crippen LogP contribution is -2.08. The number of ether oxygens (including phenoxy) is 1. The van der Waals surface area contributed by atoms with Crippen LogP contribution in [0.2, 0.25) is 5.02 Å². The molecule has 2 aromatic rings. The van der Waals surface area contributed by atoms with Crippen LogP contribution in [0.25, 0.3) is 0 Å². The summed E-state index contributed by atoms with van der Waals surface area (Å²) in [6.07, 6.45) is 2.75. The Balaban J connectivity index is 1.82. The highest BCUT2D eigenvalue weighted by molar-refractivity contribution is 6.30. The van der Waals surface area contributed by atoms with Crippen molar-refractivity contribution in [2.45, 2.75) is 20.5 Å². The number of hydrogen-bond acceptors (Lipinski definition) is 2. The Labute approximate surface area is 135 Å². The van der Waals surface area contributed by atoms with E-state index < -0.39 is 0 Å². The minimum Gasteiger partial charge on any atom is -0.496 e. The summed E-state index contributed by atoms with van der Waals surface area (Å²) < 4.78 is 5.33. The van der Waals surface area contributed by atoms with E-state index in [0.29, 0.717) is 11.6 Å². The molecule has 22 heavy (non-hydrogen) atoms. The second-order valence-corrected chi connectivity index (χ2v) is 5.47. The Morgan fingerprint density at radius 2 is 2.00 bits per heavy atom. The first-order valence-electron chi connectivity index (χ1n) is 6.95. The van der Waals surface area contributed by atoms with Gasteiger partial charge in [0.05, 0.1) is 6.26 Å². The van der Waals surface area contributed by atoms with Gasteiger partial charge in [0.15, 0.2) is 0 Å². The number of benzene rings is 2. The normalized spacial score (nSPS) is 10.7. The van der Waals surface area contributed by atoms with Crippen LogP contribution in [0, 0.1) is 13.8 Å². The minimum absolute atomic E-state index is 0.227. The molecule has 2 aromatic carbocycles. The average molecular weight is 316 g/mol. The van der Waals surface area contributed by atoms with Crippen molar-refractivity contribution >= 4 is 23.2 Å². The van der Waals surface area contributed by atoms with Crippen LogP contribution in [0.4, 0.5) is 5.69 Å². The van der Waals surface area contributed by atoms with Crippen molar-refractivity contribution in [2.75, 3.05) is 5.32 Å². The molecule has 1 amide bonds. The first-order valence-corrected chi connectivity index (χ1v) is 7.33. The summed E-state index contributed by atoms with van der Waals surface area (Å²) >= 11 is 5.88. The van der Waals surface area contributed by atoms with Crippen molar-refractivity contribution in [1.82, 2.24) is 0 Å². The number of hydrogen-bond donors (Lipinski definition) is 1. The zero-order chi connectivity index (χ0) is 15.9. The van der Waals surface area contributed by atoms with Crippen LogP contribution in [0.15, 0.2) is 54.8 Å². The molecule has 0 unspecified atom stereocenters.